The number of benzene rings is 1. The number of carbonyl (C=O) groups excluding carboxylic acids is 2. The van der Waals surface area contributed by atoms with E-state index in [0.717, 1.165) is 46.7 Å². The number of carbonyl (C=O) groups is 2. The SMILES string of the molecule is C=C(C)OC(=O)N1CCC[C@H]1c1ncc(-c2ccc(-c3ncc(-c4cnc([C@H](C)NC(=O)OC(C)(C)C)[nH]4)cn3)cc2)[nH]1. The molecule has 0 unspecified atom stereocenters. The quantitative estimate of drug-likeness (QED) is 0.214. The van der Waals surface area contributed by atoms with Gasteiger partial charge in [-0.3, -0.25) is 4.90 Å². The van der Waals surface area contributed by atoms with Crippen LogP contribution in [0.1, 0.15) is 71.2 Å². The Balaban J connectivity index is 1.23. The van der Waals surface area contributed by atoms with Crippen LogP contribution in [-0.4, -0.2) is 59.1 Å². The molecule has 1 aliphatic rings. The molecule has 3 N–H and O–H groups in total. The maximum atomic E-state index is 12.5. The molecular weight excluding hydrogens is 548 g/mol. The highest BCUT2D eigenvalue weighted by Gasteiger charge is 2.33. The van der Waals surface area contributed by atoms with Gasteiger partial charge in [0.2, 0.25) is 0 Å². The Kier molecular flexibility index (Phi) is 8.29. The third kappa shape index (κ3) is 7.08. The summed E-state index contributed by atoms with van der Waals surface area (Å²) in [6, 6.07) is 7.33. The van der Waals surface area contributed by atoms with E-state index < -0.39 is 17.8 Å². The molecule has 0 spiro atoms. The summed E-state index contributed by atoms with van der Waals surface area (Å²) < 4.78 is 10.5. The molecule has 12 nitrogen and oxygen atoms in total. The molecule has 224 valence electrons. The van der Waals surface area contributed by atoms with Gasteiger partial charge in [-0.25, -0.2) is 29.5 Å². The van der Waals surface area contributed by atoms with E-state index in [0.29, 0.717) is 24.0 Å². The number of aromatic nitrogens is 6. The van der Waals surface area contributed by atoms with Crippen LogP contribution in [0.15, 0.2) is 61.4 Å². The monoisotopic (exact) mass is 584 g/mol. The minimum atomic E-state index is -0.582. The lowest BCUT2D eigenvalue weighted by Crippen LogP contribution is -2.34. The van der Waals surface area contributed by atoms with E-state index in [2.05, 4.69) is 41.8 Å². The first kappa shape index (κ1) is 29.5. The predicted octanol–water partition coefficient (Wildman–Crippen LogP) is 6.32. The molecule has 2 amide bonds. The van der Waals surface area contributed by atoms with Crippen molar-refractivity contribution < 1.29 is 19.1 Å². The summed E-state index contributed by atoms with van der Waals surface area (Å²) in [5.74, 6) is 2.27. The fourth-order valence-electron chi connectivity index (χ4n) is 4.80. The van der Waals surface area contributed by atoms with Gasteiger partial charge in [0, 0.05) is 30.1 Å². The van der Waals surface area contributed by atoms with Gasteiger partial charge in [-0.1, -0.05) is 30.8 Å². The number of allylic oxidation sites excluding steroid dienone is 1. The standard InChI is InChI=1S/C31H36N8O4/c1-18(2)42-30(41)39-13-7-8-25(39)28-35-16-23(38-28)20-9-11-21(12-10-20)27-32-14-22(15-33-27)24-17-34-26(37-24)19(3)36-29(40)43-31(4,5)6/h9-12,14-17,19,25H,1,7-8,13H2,2-6H3,(H,34,37)(H,35,38)(H,36,40)/t19-,25-/m0/s1. The average molecular weight is 585 g/mol. The smallest absolute Gasteiger partial charge is 0.415 e. The lowest BCUT2D eigenvalue weighted by molar-refractivity contribution is 0.0506. The maximum Gasteiger partial charge on any atom is 0.415 e. The topological polar surface area (TPSA) is 151 Å². The zero-order valence-corrected chi connectivity index (χ0v) is 25.0. The molecule has 12 heteroatoms. The highest BCUT2D eigenvalue weighted by Crippen LogP contribution is 2.32. The number of amides is 2. The number of likely N-dealkylation sites (tertiary alicyclic amines) is 1. The fourth-order valence-corrected chi connectivity index (χ4v) is 4.80. The van der Waals surface area contributed by atoms with Crippen molar-refractivity contribution in [3.05, 3.63) is 73.0 Å². The molecular formula is C31H36N8O4. The van der Waals surface area contributed by atoms with Crippen LogP contribution in [0, 0.1) is 0 Å². The van der Waals surface area contributed by atoms with Gasteiger partial charge in [-0.2, -0.15) is 0 Å². The summed E-state index contributed by atoms with van der Waals surface area (Å²) in [4.78, 5) is 50.9. The molecule has 0 aliphatic carbocycles. The number of rotatable bonds is 7. The molecule has 0 bridgehead atoms. The lowest BCUT2D eigenvalue weighted by atomic mass is 10.1. The average Bonchev–Trinajstić information content (AvgIpc) is 3.72. The van der Waals surface area contributed by atoms with Crippen LogP contribution in [0.25, 0.3) is 33.9 Å². The van der Waals surface area contributed by atoms with Gasteiger partial charge in [0.15, 0.2) is 5.82 Å². The van der Waals surface area contributed by atoms with Crippen LogP contribution < -0.4 is 5.32 Å². The summed E-state index contributed by atoms with van der Waals surface area (Å²) >= 11 is 0. The van der Waals surface area contributed by atoms with Crippen LogP contribution in [0.4, 0.5) is 9.59 Å². The van der Waals surface area contributed by atoms with Crippen molar-refractivity contribution in [2.45, 2.75) is 65.1 Å². The van der Waals surface area contributed by atoms with Gasteiger partial charge in [-0.05, 0) is 53.0 Å². The molecule has 43 heavy (non-hydrogen) atoms. The van der Waals surface area contributed by atoms with E-state index in [1.807, 2.05) is 52.0 Å². The van der Waals surface area contributed by atoms with E-state index in [9.17, 15) is 9.59 Å². The number of nitrogens with one attached hydrogen (secondary N) is 3. The van der Waals surface area contributed by atoms with Gasteiger partial charge in [0.1, 0.15) is 17.2 Å². The van der Waals surface area contributed by atoms with Crippen molar-refractivity contribution in [2.75, 3.05) is 6.54 Å². The summed E-state index contributed by atoms with van der Waals surface area (Å²) in [6.45, 7) is 13.2. The normalized spacial score (nSPS) is 15.7. The van der Waals surface area contributed by atoms with Crippen molar-refractivity contribution in [1.29, 1.82) is 0 Å². The molecule has 3 aromatic heterocycles. The highest BCUT2D eigenvalue weighted by atomic mass is 16.6. The summed E-state index contributed by atoms with van der Waals surface area (Å²) in [5, 5.41) is 2.78. The molecule has 1 saturated heterocycles. The molecule has 1 aliphatic heterocycles. The van der Waals surface area contributed by atoms with Crippen molar-refractivity contribution in [3.8, 4) is 33.9 Å². The Morgan fingerprint density at radius 3 is 2.30 bits per heavy atom. The van der Waals surface area contributed by atoms with E-state index in [1.54, 1.807) is 36.6 Å². The Morgan fingerprint density at radius 2 is 1.63 bits per heavy atom. The van der Waals surface area contributed by atoms with Gasteiger partial charge < -0.3 is 24.8 Å². The Bertz CT molecular complexity index is 1600. The van der Waals surface area contributed by atoms with E-state index in [1.165, 1.54) is 0 Å². The second kappa shape index (κ2) is 12.1. The van der Waals surface area contributed by atoms with Crippen LogP contribution in [0.3, 0.4) is 0 Å². The van der Waals surface area contributed by atoms with Crippen LogP contribution in [0.5, 0.6) is 0 Å². The highest BCUT2D eigenvalue weighted by molar-refractivity contribution is 5.70. The van der Waals surface area contributed by atoms with E-state index in [-0.39, 0.29) is 12.1 Å². The number of hydrogen-bond acceptors (Lipinski definition) is 8. The van der Waals surface area contributed by atoms with E-state index in [4.69, 9.17) is 9.47 Å². The predicted molar refractivity (Wildman–Crippen MR) is 160 cm³/mol. The summed E-state index contributed by atoms with van der Waals surface area (Å²) in [6.07, 6.45) is 7.70. The first-order valence-electron chi connectivity index (χ1n) is 14.1. The zero-order chi connectivity index (χ0) is 30.7. The van der Waals surface area contributed by atoms with Crippen molar-refractivity contribution in [3.63, 3.8) is 0 Å². The van der Waals surface area contributed by atoms with Crippen molar-refractivity contribution in [2.24, 2.45) is 0 Å². The first-order chi connectivity index (χ1) is 20.5. The second-order valence-corrected chi connectivity index (χ2v) is 11.5. The number of alkyl carbamates (subject to hydrolysis) is 1. The van der Waals surface area contributed by atoms with Gasteiger partial charge >= 0.3 is 12.2 Å². The van der Waals surface area contributed by atoms with Gasteiger partial charge in [-0.15, -0.1) is 0 Å². The molecule has 4 aromatic rings. The number of H-pyrrole nitrogens is 2. The zero-order valence-electron chi connectivity index (χ0n) is 25.0. The third-order valence-corrected chi connectivity index (χ3v) is 6.82. The lowest BCUT2D eigenvalue weighted by Gasteiger charge is -2.22. The van der Waals surface area contributed by atoms with Crippen LogP contribution in [0.2, 0.25) is 0 Å². The molecule has 4 heterocycles. The fraction of sp³-hybridized carbons (Fsp3) is 0.355. The summed E-state index contributed by atoms with van der Waals surface area (Å²) in [7, 11) is 0. The van der Waals surface area contributed by atoms with E-state index >= 15 is 0 Å². The second-order valence-electron chi connectivity index (χ2n) is 11.5. The number of aromatic amines is 2. The summed E-state index contributed by atoms with van der Waals surface area (Å²) in [5.41, 5.74) is 3.58. The Labute approximate surface area is 250 Å². The minimum Gasteiger partial charge on any atom is -0.444 e. The van der Waals surface area contributed by atoms with Crippen molar-refractivity contribution >= 4 is 12.2 Å². The molecule has 2 atom stereocenters. The number of nitrogens with zero attached hydrogens (tertiary/aromatic N) is 5. The van der Waals surface area contributed by atoms with Gasteiger partial charge in [0.25, 0.3) is 0 Å². The largest absolute Gasteiger partial charge is 0.444 e. The third-order valence-electron chi connectivity index (χ3n) is 6.82. The molecule has 5 rings (SSSR count). The number of hydrogen-bond donors (Lipinski definition) is 3. The number of ether oxygens (including phenoxy) is 2. The molecule has 0 saturated carbocycles. The number of imidazole rings is 2. The Hall–Kier alpha value is -5.00. The van der Waals surface area contributed by atoms with Gasteiger partial charge in [0.05, 0.1) is 41.6 Å². The van der Waals surface area contributed by atoms with Crippen LogP contribution in [-0.2, 0) is 9.47 Å². The molecule has 0 radical (unpaired) electrons. The maximum absolute atomic E-state index is 12.5. The molecule has 1 aromatic carbocycles. The van der Waals surface area contributed by atoms with Crippen molar-refractivity contribution in [1.82, 2.24) is 40.1 Å². The molecule has 1 fully saturated rings. The minimum absolute atomic E-state index is 0.165. The Morgan fingerprint density at radius 1 is 0.977 bits per heavy atom. The first-order valence-corrected chi connectivity index (χ1v) is 14.1. The van der Waals surface area contributed by atoms with Crippen LogP contribution >= 0.6 is 0 Å².